The molecule has 0 saturated carbocycles. The van der Waals surface area contributed by atoms with Crippen molar-refractivity contribution in [1.82, 2.24) is 0 Å². The molecule has 2 rings (SSSR count). The Morgan fingerprint density at radius 1 is 1.21 bits per heavy atom. The van der Waals surface area contributed by atoms with Gasteiger partial charge in [0.2, 0.25) is 0 Å². The van der Waals surface area contributed by atoms with Crippen LogP contribution in [0.2, 0.25) is 0 Å². The predicted molar refractivity (Wildman–Crippen MR) is 60.3 cm³/mol. The molecule has 0 fully saturated rings. The average molecular weight is 189 g/mol. The number of aryl methyl sites for hydroxylation is 2. The van der Waals surface area contributed by atoms with Gasteiger partial charge in [0.05, 0.1) is 0 Å². The molecule has 0 aliphatic heterocycles. The van der Waals surface area contributed by atoms with Crippen LogP contribution >= 0.6 is 0 Å². The largest absolute Gasteiger partial charge is 0.324 e. The minimum atomic E-state index is 0.249. The summed E-state index contributed by atoms with van der Waals surface area (Å²) in [6.07, 6.45) is 2.44. The van der Waals surface area contributed by atoms with E-state index in [4.69, 9.17) is 5.73 Å². The van der Waals surface area contributed by atoms with Crippen LogP contribution in [0.25, 0.3) is 0 Å². The molecule has 0 saturated heterocycles. The van der Waals surface area contributed by atoms with Crippen molar-refractivity contribution < 1.29 is 0 Å². The van der Waals surface area contributed by atoms with Crippen molar-refractivity contribution in [2.45, 2.75) is 39.7 Å². The van der Waals surface area contributed by atoms with Gasteiger partial charge < -0.3 is 5.73 Å². The Kier molecular flexibility index (Phi) is 2.36. The lowest BCUT2D eigenvalue weighted by Gasteiger charge is -2.31. The van der Waals surface area contributed by atoms with E-state index in [0.717, 1.165) is 0 Å². The van der Waals surface area contributed by atoms with Crippen LogP contribution in [0.3, 0.4) is 0 Å². The maximum atomic E-state index is 6.26. The van der Waals surface area contributed by atoms with Crippen molar-refractivity contribution >= 4 is 0 Å². The molecule has 0 aromatic heterocycles. The lowest BCUT2D eigenvalue weighted by atomic mass is 9.77. The molecular formula is C13H19N. The van der Waals surface area contributed by atoms with Gasteiger partial charge in [0, 0.05) is 6.04 Å². The van der Waals surface area contributed by atoms with Crippen molar-refractivity contribution in [2.75, 3.05) is 0 Å². The van der Waals surface area contributed by atoms with Crippen LogP contribution in [0.1, 0.15) is 41.6 Å². The first-order valence-corrected chi connectivity index (χ1v) is 5.46. The van der Waals surface area contributed by atoms with E-state index in [1.807, 2.05) is 0 Å². The molecule has 14 heavy (non-hydrogen) atoms. The molecule has 1 aliphatic carbocycles. The predicted octanol–water partition coefficient (Wildman–Crippen LogP) is 2.89. The maximum absolute atomic E-state index is 6.26. The van der Waals surface area contributed by atoms with E-state index in [1.54, 1.807) is 0 Å². The monoisotopic (exact) mass is 189 g/mol. The van der Waals surface area contributed by atoms with Gasteiger partial charge in [0.15, 0.2) is 0 Å². The lowest BCUT2D eigenvalue weighted by Crippen LogP contribution is -2.26. The normalized spacial score (nSPS) is 26.0. The molecule has 1 aromatic carbocycles. The fraction of sp³-hybridized carbons (Fsp3) is 0.538. The Balaban J connectivity index is 2.58. The molecule has 1 nitrogen and oxygen atoms in total. The van der Waals surface area contributed by atoms with Gasteiger partial charge >= 0.3 is 0 Å². The van der Waals surface area contributed by atoms with Crippen LogP contribution in [-0.4, -0.2) is 0 Å². The van der Waals surface area contributed by atoms with Gasteiger partial charge in [-0.2, -0.15) is 0 Å². The molecule has 0 amide bonds. The summed E-state index contributed by atoms with van der Waals surface area (Å²) in [5, 5.41) is 0. The van der Waals surface area contributed by atoms with Crippen LogP contribution in [0.4, 0.5) is 0 Å². The summed E-state index contributed by atoms with van der Waals surface area (Å²) in [7, 11) is 0. The highest BCUT2D eigenvalue weighted by molar-refractivity contribution is 5.43. The second-order valence-electron chi connectivity index (χ2n) is 4.63. The number of fused-ring (bicyclic) bond motifs is 1. The minimum Gasteiger partial charge on any atom is -0.324 e. The van der Waals surface area contributed by atoms with Crippen molar-refractivity contribution in [3.8, 4) is 0 Å². The van der Waals surface area contributed by atoms with Gasteiger partial charge in [0.25, 0.3) is 0 Å². The topological polar surface area (TPSA) is 26.0 Å². The first kappa shape index (κ1) is 9.72. The van der Waals surface area contributed by atoms with Crippen LogP contribution in [0.15, 0.2) is 12.1 Å². The highest BCUT2D eigenvalue weighted by Gasteiger charge is 2.25. The summed E-state index contributed by atoms with van der Waals surface area (Å²) < 4.78 is 0. The Morgan fingerprint density at radius 3 is 2.57 bits per heavy atom. The number of benzene rings is 1. The third-order valence-corrected chi connectivity index (χ3v) is 3.61. The standard InChI is InChI=1S/C13H19N/c1-8-4-5-9(2)12-11(8)7-6-10(3)13(12)14/h4-5,10,13H,6-7,14H2,1-3H3. The third kappa shape index (κ3) is 1.36. The van der Waals surface area contributed by atoms with Gasteiger partial charge in [-0.25, -0.2) is 0 Å². The fourth-order valence-electron chi connectivity index (χ4n) is 2.52. The fourth-order valence-corrected chi connectivity index (χ4v) is 2.52. The van der Waals surface area contributed by atoms with Crippen molar-refractivity contribution in [2.24, 2.45) is 11.7 Å². The van der Waals surface area contributed by atoms with Gasteiger partial charge in [-0.15, -0.1) is 0 Å². The lowest BCUT2D eigenvalue weighted by molar-refractivity contribution is 0.409. The van der Waals surface area contributed by atoms with Gasteiger partial charge in [-0.1, -0.05) is 19.1 Å². The Morgan fingerprint density at radius 2 is 1.86 bits per heavy atom. The molecule has 0 radical (unpaired) electrons. The molecule has 2 N–H and O–H groups in total. The number of hydrogen-bond acceptors (Lipinski definition) is 1. The molecular weight excluding hydrogens is 170 g/mol. The van der Waals surface area contributed by atoms with E-state index in [-0.39, 0.29) is 6.04 Å². The minimum absolute atomic E-state index is 0.249. The van der Waals surface area contributed by atoms with Crippen LogP contribution in [0, 0.1) is 19.8 Å². The van der Waals surface area contributed by atoms with Crippen molar-refractivity contribution in [3.63, 3.8) is 0 Å². The summed E-state index contributed by atoms with van der Waals surface area (Å²) in [5.74, 6) is 0.628. The second kappa shape index (κ2) is 3.39. The van der Waals surface area contributed by atoms with Gasteiger partial charge in [0.1, 0.15) is 0 Å². The molecule has 0 heterocycles. The third-order valence-electron chi connectivity index (χ3n) is 3.61. The quantitative estimate of drug-likeness (QED) is 0.667. The highest BCUT2D eigenvalue weighted by Crippen LogP contribution is 2.35. The maximum Gasteiger partial charge on any atom is 0.0326 e. The summed E-state index contributed by atoms with van der Waals surface area (Å²) in [4.78, 5) is 0. The average Bonchev–Trinajstić information content (AvgIpc) is 2.16. The number of nitrogens with two attached hydrogens (primary N) is 1. The van der Waals surface area contributed by atoms with E-state index < -0.39 is 0 Å². The summed E-state index contributed by atoms with van der Waals surface area (Å²) in [5.41, 5.74) is 12.0. The van der Waals surface area contributed by atoms with Crippen LogP contribution < -0.4 is 5.73 Å². The Labute approximate surface area is 86.3 Å². The van der Waals surface area contributed by atoms with Crippen molar-refractivity contribution in [1.29, 1.82) is 0 Å². The van der Waals surface area contributed by atoms with Crippen LogP contribution in [-0.2, 0) is 6.42 Å². The van der Waals surface area contributed by atoms with Crippen molar-refractivity contribution in [3.05, 3.63) is 34.4 Å². The Hall–Kier alpha value is -0.820. The van der Waals surface area contributed by atoms with Gasteiger partial charge in [-0.05, 0) is 54.9 Å². The first-order chi connectivity index (χ1) is 6.61. The van der Waals surface area contributed by atoms with E-state index in [1.165, 1.54) is 35.1 Å². The summed E-state index contributed by atoms with van der Waals surface area (Å²) in [6.45, 7) is 6.63. The van der Waals surface area contributed by atoms with E-state index >= 15 is 0 Å². The zero-order valence-corrected chi connectivity index (χ0v) is 9.30. The van der Waals surface area contributed by atoms with E-state index in [0.29, 0.717) is 5.92 Å². The molecule has 1 heteroatoms. The SMILES string of the molecule is Cc1ccc(C)c2c1CCC(C)C2N. The summed E-state index contributed by atoms with van der Waals surface area (Å²) in [6, 6.07) is 4.67. The molecule has 2 atom stereocenters. The second-order valence-corrected chi connectivity index (χ2v) is 4.63. The molecule has 0 bridgehead atoms. The summed E-state index contributed by atoms with van der Waals surface area (Å²) >= 11 is 0. The first-order valence-electron chi connectivity index (χ1n) is 5.46. The highest BCUT2D eigenvalue weighted by atomic mass is 14.7. The Bertz CT molecular complexity index is 354. The molecule has 0 spiro atoms. The molecule has 2 unspecified atom stereocenters. The molecule has 1 aliphatic rings. The zero-order valence-electron chi connectivity index (χ0n) is 9.30. The zero-order chi connectivity index (χ0) is 10.3. The number of hydrogen-bond donors (Lipinski definition) is 1. The molecule has 1 aromatic rings. The van der Waals surface area contributed by atoms with E-state index in [9.17, 15) is 0 Å². The van der Waals surface area contributed by atoms with Crippen LogP contribution in [0.5, 0.6) is 0 Å². The molecule has 76 valence electrons. The van der Waals surface area contributed by atoms with Gasteiger partial charge in [-0.3, -0.25) is 0 Å². The smallest absolute Gasteiger partial charge is 0.0326 e. The van der Waals surface area contributed by atoms with E-state index in [2.05, 4.69) is 32.9 Å². The number of rotatable bonds is 0.